The highest BCUT2D eigenvalue weighted by Gasteiger charge is 2.50. The molecule has 2 rings (SSSR count). The van der Waals surface area contributed by atoms with Crippen LogP contribution in [0.1, 0.15) is 59.9 Å². The Kier molecular flexibility index (Phi) is 7.82. The summed E-state index contributed by atoms with van der Waals surface area (Å²) in [5.74, 6) is 2.32. The average molecular weight is 428 g/mol. The Hall–Kier alpha value is -2.19. The zero-order chi connectivity index (χ0) is 22.5. The zero-order valence-corrected chi connectivity index (χ0v) is 20.8. The van der Waals surface area contributed by atoms with E-state index in [9.17, 15) is 5.26 Å². The normalized spacial score (nSPS) is 19.1. The third kappa shape index (κ3) is 4.30. The quantitative estimate of drug-likeness (QED) is 0.318. The molecule has 1 atom stereocenters. The highest BCUT2D eigenvalue weighted by molar-refractivity contribution is 6.77. The van der Waals surface area contributed by atoms with E-state index in [1.54, 1.807) is 14.2 Å². The smallest absolute Gasteiger partial charge is 0.258 e. The summed E-state index contributed by atoms with van der Waals surface area (Å²) >= 11 is 0. The van der Waals surface area contributed by atoms with Crippen molar-refractivity contribution in [3.05, 3.63) is 47.7 Å². The van der Waals surface area contributed by atoms with Crippen molar-refractivity contribution in [2.45, 2.75) is 76.4 Å². The Morgan fingerprint density at radius 1 is 0.967 bits per heavy atom. The molecule has 0 saturated carbocycles. The van der Waals surface area contributed by atoms with Crippen molar-refractivity contribution in [1.82, 2.24) is 0 Å². The number of nitriles is 1. The Labute approximate surface area is 183 Å². The van der Waals surface area contributed by atoms with Gasteiger partial charge in [-0.25, -0.2) is 0 Å². The molecule has 0 bridgehead atoms. The minimum atomic E-state index is -2.18. The van der Waals surface area contributed by atoms with Gasteiger partial charge in [-0.15, -0.1) is 0 Å². The van der Waals surface area contributed by atoms with Crippen molar-refractivity contribution in [2.24, 2.45) is 0 Å². The van der Waals surface area contributed by atoms with Crippen LogP contribution in [0.15, 0.2) is 42.2 Å². The second-order valence-corrected chi connectivity index (χ2v) is 14.4. The number of nitrogens with zero attached hydrogens (tertiary/aromatic N) is 1. The summed E-state index contributed by atoms with van der Waals surface area (Å²) in [6.07, 6.45) is 7.53. The van der Waals surface area contributed by atoms with E-state index >= 15 is 0 Å². The number of allylic oxidation sites excluding steroid dienone is 3. The van der Waals surface area contributed by atoms with Gasteiger partial charge in [-0.2, -0.15) is 5.26 Å². The van der Waals surface area contributed by atoms with Crippen molar-refractivity contribution in [1.29, 1.82) is 5.26 Å². The van der Waals surface area contributed by atoms with Crippen LogP contribution in [0, 0.1) is 11.3 Å². The standard InChI is InChI=1S/C25H37NO3Si/c1-18(2)30(19(3)4,20(5)6)29-24-11-9-10-12-25(24,13-14-26)21-15-22(27-7)17-23(16-21)28-8/h10-12,15-20H,9,13H2,1-8H3. The summed E-state index contributed by atoms with van der Waals surface area (Å²) < 4.78 is 18.2. The van der Waals surface area contributed by atoms with E-state index in [-0.39, 0.29) is 0 Å². The lowest BCUT2D eigenvalue weighted by Gasteiger charge is -2.47. The van der Waals surface area contributed by atoms with Crippen molar-refractivity contribution in [3.8, 4) is 17.6 Å². The van der Waals surface area contributed by atoms with Gasteiger partial charge >= 0.3 is 0 Å². The molecule has 0 amide bonds. The second kappa shape index (κ2) is 9.74. The van der Waals surface area contributed by atoms with Crippen LogP contribution in [-0.2, 0) is 9.84 Å². The first-order valence-corrected chi connectivity index (χ1v) is 13.0. The number of ether oxygens (including phenoxy) is 2. The first-order valence-electron chi connectivity index (χ1n) is 10.9. The van der Waals surface area contributed by atoms with Crippen molar-refractivity contribution < 1.29 is 13.9 Å². The van der Waals surface area contributed by atoms with E-state index < -0.39 is 13.7 Å². The SMILES string of the molecule is COc1cc(OC)cc(C2(CC#N)C=CCC=C2O[Si](C(C)C)(C(C)C)C(C)C)c1. The molecule has 0 saturated heterocycles. The van der Waals surface area contributed by atoms with Crippen LogP contribution in [0.4, 0.5) is 0 Å². The van der Waals surface area contributed by atoms with Crippen LogP contribution in [0.25, 0.3) is 0 Å². The van der Waals surface area contributed by atoms with E-state index in [1.165, 1.54) is 0 Å². The van der Waals surface area contributed by atoms with Gasteiger partial charge in [-0.3, -0.25) is 0 Å². The van der Waals surface area contributed by atoms with Gasteiger partial charge < -0.3 is 13.9 Å². The van der Waals surface area contributed by atoms with E-state index in [2.05, 4.69) is 65.8 Å². The van der Waals surface area contributed by atoms with E-state index in [0.29, 0.717) is 34.5 Å². The Morgan fingerprint density at radius 3 is 1.93 bits per heavy atom. The summed E-state index contributed by atoms with van der Waals surface area (Å²) in [4.78, 5) is 0. The Balaban J connectivity index is 2.69. The molecular formula is C25H37NO3Si. The van der Waals surface area contributed by atoms with Gasteiger partial charge in [0.1, 0.15) is 11.5 Å². The summed E-state index contributed by atoms with van der Waals surface area (Å²) in [6.45, 7) is 13.7. The lowest BCUT2D eigenvalue weighted by atomic mass is 9.73. The van der Waals surface area contributed by atoms with Gasteiger partial charge in [-0.1, -0.05) is 53.7 Å². The summed E-state index contributed by atoms with van der Waals surface area (Å²) in [7, 11) is 1.11. The number of rotatable bonds is 9. The Bertz CT molecular complexity index is 791. The van der Waals surface area contributed by atoms with Crippen LogP contribution < -0.4 is 9.47 Å². The molecule has 0 radical (unpaired) electrons. The summed E-state index contributed by atoms with van der Waals surface area (Å²) in [5.41, 5.74) is 1.66. The number of hydrogen-bond donors (Lipinski definition) is 0. The third-order valence-electron chi connectivity index (χ3n) is 6.50. The maximum absolute atomic E-state index is 9.82. The molecule has 1 aliphatic carbocycles. The molecule has 0 N–H and O–H groups in total. The molecule has 1 aromatic carbocycles. The van der Waals surface area contributed by atoms with Crippen LogP contribution in [-0.4, -0.2) is 22.5 Å². The molecule has 0 aromatic heterocycles. The molecule has 1 unspecified atom stereocenters. The Morgan fingerprint density at radius 2 is 1.50 bits per heavy atom. The van der Waals surface area contributed by atoms with Gasteiger partial charge in [0.05, 0.1) is 37.9 Å². The maximum Gasteiger partial charge on any atom is 0.258 e. The topological polar surface area (TPSA) is 51.5 Å². The number of hydrogen-bond acceptors (Lipinski definition) is 4. The van der Waals surface area contributed by atoms with Crippen LogP contribution in [0.5, 0.6) is 11.5 Å². The van der Waals surface area contributed by atoms with E-state index in [4.69, 9.17) is 13.9 Å². The number of benzene rings is 1. The maximum atomic E-state index is 9.82. The second-order valence-electron chi connectivity index (χ2n) is 9.03. The zero-order valence-electron chi connectivity index (χ0n) is 19.8. The molecule has 0 aliphatic heterocycles. The molecule has 0 spiro atoms. The monoisotopic (exact) mass is 427 g/mol. The first-order chi connectivity index (χ1) is 14.2. The molecule has 0 fully saturated rings. The van der Waals surface area contributed by atoms with Gasteiger partial charge in [-0.05, 0) is 46.8 Å². The molecule has 4 nitrogen and oxygen atoms in total. The van der Waals surface area contributed by atoms with Crippen LogP contribution in [0.2, 0.25) is 16.6 Å². The van der Waals surface area contributed by atoms with Crippen molar-refractivity contribution in [3.63, 3.8) is 0 Å². The fraction of sp³-hybridized carbons (Fsp3) is 0.560. The molecule has 5 heteroatoms. The highest BCUT2D eigenvalue weighted by atomic mass is 28.4. The van der Waals surface area contributed by atoms with Gasteiger partial charge in [0.2, 0.25) is 0 Å². The van der Waals surface area contributed by atoms with Crippen LogP contribution >= 0.6 is 0 Å². The van der Waals surface area contributed by atoms with Crippen molar-refractivity contribution >= 4 is 8.32 Å². The van der Waals surface area contributed by atoms with E-state index in [1.807, 2.05) is 18.2 Å². The van der Waals surface area contributed by atoms with Gasteiger partial charge in [0.15, 0.2) is 0 Å². The third-order valence-corrected chi connectivity index (χ3v) is 12.5. The molecule has 30 heavy (non-hydrogen) atoms. The van der Waals surface area contributed by atoms with Crippen molar-refractivity contribution in [2.75, 3.05) is 14.2 Å². The largest absolute Gasteiger partial charge is 0.545 e. The number of methoxy groups -OCH3 is 2. The summed E-state index contributed by atoms with van der Waals surface area (Å²) in [6, 6.07) is 8.27. The average Bonchev–Trinajstić information content (AvgIpc) is 2.71. The molecule has 0 heterocycles. The molecule has 1 aromatic rings. The predicted molar refractivity (Wildman–Crippen MR) is 125 cm³/mol. The van der Waals surface area contributed by atoms with E-state index in [0.717, 1.165) is 17.7 Å². The summed E-state index contributed by atoms with van der Waals surface area (Å²) in [5, 5.41) is 9.82. The van der Waals surface area contributed by atoms with Gasteiger partial charge in [0, 0.05) is 6.07 Å². The molecule has 164 valence electrons. The lowest BCUT2D eigenvalue weighted by Crippen LogP contribution is -2.49. The minimum Gasteiger partial charge on any atom is -0.545 e. The predicted octanol–water partition coefficient (Wildman–Crippen LogP) is 6.89. The minimum absolute atomic E-state index is 0.296. The highest BCUT2D eigenvalue weighted by Crippen LogP contribution is 2.49. The fourth-order valence-corrected chi connectivity index (χ4v) is 10.4. The molecule has 1 aliphatic rings. The van der Waals surface area contributed by atoms with Crippen LogP contribution in [0.3, 0.4) is 0 Å². The first kappa shape index (κ1) is 24.1. The fourth-order valence-electron chi connectivity index (χ4n) is 5.06. The van der Waals surface area contributed by atoms with Gasteiger partial charge in [0.25, 0.3) is 8.32 Å². The molecular weight excluding hydrogens is 390 g/mol. The lowest BCUT2D eigenvalue weighted by molar-refractivity contribution is 0.304.